The fourth-order valence-corrected chi connectivity index (χ4v) is 3.97. The first-order valence-corrected chi connectivity index (χ1v) is 11.0. The Balaban J connectivity index is 1.61. The van der Waals surface area contributed by atoms with Crippen LogP contribution in [0.25, 0.3) is 0 Å². The first kappa shape index (κ1) is 22.3. The SMILES string of the molecule is Cc1ccc(S(=O)(=O)N(C)c2ccc(OCC(=O)Nc3ccc(C)c(F)c3)cc2)cc1. The van der Waals surface area contributed by atoms with Gasteiger partial charge in [-0.2, -0.15) is 0 Å². The van der Waals surface area contributed by atoms with E-state index >= 15 is 0 Å². The Morgan fingerprint density at radius 1 is 1.00 bits per heavy atom. The van der Waals surface area contributed by atoms with Crippen LogP contribution < -0.4 is 14.4 Å². The first-order chi connectivity index (χ1) is 14.7. The molecule has 1 amide bonds. The normalized spacial score (nSPS) is 11.1. The Bertz CT molecular complexity index is 1180. The Morgan fingerprint density at radius 2 is 1.65 bits per heavy atom. The summed E-state index contributed by atoms with van der Waals surface area (Å²) < 4.78 is 45.7. The molecule has 0 aliphatic rings. The molecule has 0 aliphatic heterocycles. The van der Waals surface area contributed by atoms with Crippen LogP contribution in [-0.4, -0.2) is 28.0 Å². The molecule has 0 unspecified atom stereocenters. The summed E-state index contributed by atoms with van der Waals surface area (Å²) in [5.41, 5.74) is 2.26. The van der Waals surface area contributed by atoms with Gasteiger partial charge < -0.3 is 10.1 Å². The molecular formula is C23H23FN2O4S. The van der Waals surface area contributed by atoms with Gasteiger partial charge in [-0.05, 0) is 67.9 Å². The van der Waals surface area contributed by atoms with Crippen LogP contribution >= 0.6 is 0 Å². The molecule has 0 aliphatic carbocycles. The lowest BCUT2D eigenvalue weighted by atomic mass is 10.2. The number of sulfonamides is 1. The first-order valence-electron chi connectivity index (χ1n) is 9.51. The quantitative estimate of drug-likeness (QED) is 0.592. The maximum absolute atomic E-state index is 13.6. The number of hydrogen-bond donors (Lipinski definition) is 1. The van der Waals surface area contributed by atoms with Crippen molar-refractivity contribution in [3.05, 3.63) is 83.7 Å². The molecule has 3 aromatic rings. The molecule has 0 saturated carbocycles. The molecule has 0 atom stereocenters. The van der Waals surface area contributed by atoms with Gasteiger partial charge in [0.05, 0.1) is 10.6 Å². The van der Waals surface area contributed by atoms with Gasteiger partial charge in [-0.1, -0.05) is 23.8 Å². The summed E-state index contributed by atoms with van der Waals surface area (Å²) in [4.78, 5) is 12.2. The molecule has 0 spiro atoms. The largest absolute Gasteiger partial charge is 0.484 e. The van der Waals surface area contributed by atoms with Crippen LogP contribution in [0, 0.1) is 19.7 Å². The molecular weight excluding hydrogens is 419 g/mol. The Morgan fingerprint density at radius 3 is 2.26 bits per heavy atom. The number of halogens is 1. The van der Waals surface area contributed by atoms with Gasteiger partial charge in [-0.3, -0.25) is 9.10 Å². The molecule has 1 N–H and O–H groups in total. The van der Waals surface area contributed by atoms with Crippen molar-refractivity contribution < 1.29 is 22.3 Å². The van der Waals surface area contributed by atoms with Crippen LogP contribution in [0.3, 0.4) is 0 Å². The van der Waals surface area contributed by atoms with Gasteiger partial charge in [0.25, 0.3) is 15.9 Å². The molecule has 3 aromatic carbocycles. The van der Waals surface area contributed by atoms with Crippen molar-refractivity contribution in [2.24, 2.45) is 0 Å². The molecule has 0 heterocycles. The molecule has 3 rings (SSSR count). The van der Waals surface area contributed by atoms with Crippen molar-refractivity contribution in [2.45, 2.75) is 18.7 Å². The van der Waals surface area contributed by atoms with Crippen molar-refractivity contribution in [3.8, 4) is 5.75 Å². The number of hydrogen-bond acceptors (Lipinski definition) is 4. The van der Waals surface area contributed by atoms with Crippen molar-refractivity contribution in [2.75, 3.05) is 23.3 Å². The van der Waals surface area contributed by atoms with Crippen LogP contribution in [0.5, 0.6) is 5.75 Å². The molecule has 0 bridgehead atoms. The van der Waals surface area contributed by atoms with Gasteiger partial charge >= 0.3 is 0 Å². The van der Waals surface area contributed by atoms with E-state index in [1.54, 1.807) is 67.6 Å². The van der Waals surface area contributed by atoms with Gasteiger partial charge in [-0.15, -0.1) is 0 Å². The van der Waals surface area contributed by atoms with Crippen LogP contribution in [0.15, 0.2) is 71.6 Å². The average Bonchev–Trinajstić information content (AvgIpc) is 2.75. The fourth-order valence-electron chi connectivity index (χ4n) is 2.78. The molecule has 0 saturated heterocycles. The van der Waals surface area contributed by atoms with Crippen molar-refractivity contribution >= 4 is 27.3 Å². The molecule has 0 fully saturated rings. The molecule has 6 nitrogen and oxygen atoms in total. The summed E-state index contributed by atoms with van der Waals surface area (Å²) in [6, 6.07) is 17.4. The Kier molecular flexibility index (Phi) is 6.60. The highest BCUT2D eigenvalue weighted by atomic mass is 32.2. The third kappa shape index (κ3) is 5.40. The van der Waals surface area contributed by atoms with E-state index in [-0.39, 0.29) is 11.5 Å². The number of benzene rings is 3. The zero-order valence-corrected chi connectivity index (χ0v) is 18.2. The number of rotatable bonds is 7. The smallest absolute Gasteiger partial charge is 0.264 e. The van der Waals surface area contributed by atoms with E-state index in [1.165, 1.54) is 17.4 Å². The predicted molar refractivity (Wildman–Crippen MR) is 118 cm³/mol. The lowest BCUT2D eigenvalue weighted by Gasteiger charge is -2.20. The van der Waals surface area contributed by atoms with Crippen LogP contribution in [-0.2, 0) is 14.8 Å². The summed E-state index contributed by atoms with van der Waals surface area (Å²) in [6.07, 6.45) is 0. The number of aryl methyl sites for hydroxylation is 2. The van der Waals surface area contributed by atoms with Crippen LogP contribution in [0.2, 0.25) is 0 Å². The Labute approximate surface area is 181 Å². The monoisotopic (exact) mass is 442 g/mol. The summed E-state index contributed by atoms with van der Waals surface area (Å²) in [5.74, 6) is -0.444. The summed E-state index contributed by atoms with van der Waals surface area (Å²) >= 11 is 0. The highest BCUT2D eigenvalue weighted by Gasteiger charge is 2.21. The number of carbonyl (C=O) groups excluding carboxylic acids is 1. The Hall–Kier alpha value is -3.39. The third-order valence-corrected chi connectivity index (χ3v) is 6.51. The van der Waals surface area contributed by atoms with E-state index in [4.69, 9.17) is 4.74 Å². The van der Waals surface area contributed by atoms with E-state index in [0.29, 0.717) is 22.7 Å². The zero-order valence-electron chi connectivity index (χ0n) is 17.4. The standard InChI is InChI=1S/C23H23FN2O4S/c1-16-4-12-21(13-5-16)31(28,29)26(3)19-8-10-20(11-9-19)30-15-23(27)25-18-7-6-17(2)22(24)14-18/h4-14H,15H2,1-3H3,(H,25,27). The second-order valence-corrected chi connectivity index (χ2v) is 9.05. The second kappa shape index (κ2) is 9.18. The molecule has 162 valence electrons. The minimum absolute atomic E-state index is 0.199. The van der Waals surface area contributed by atoms with Gasteiger partial charge in [0.15, 0.2) is 6.61 Å². The fraction of sp³-hybridized carbons (Fsp3) is 0.174. The highest BCUT2D eigenvalue weighted by molar-refractivity contribution is 7.92. The minimum atomic E-state index is -3.69. The zero-order chi connectivity index (χ0) is 22.6. The molecule has 8 heteroatoms. The van der Waals surface area contributed by atoms with E-state index < -0.39 is 21.7 Å². The maximum Gasteiger partial charge on any atom is 0.264 e. The van der Waals surface area contributed by atoms with E-state index in [1.807, 2.05) is 6.92 Å². The minimum Gasteiger partial charge on any atom is -0.484 e. The van der Waals surface area contributed by atoms with Crippen molar-refractivity contribution in [1.29, 1.82) is 0 Å². The highest BCUT2D eigenvalue weighted by Crippen LogP contribution is 2.24. The lowest BCUT2D eigenvalue weighted by molar-refractivity contribution is -0.118. The summed E-state index contributed by atoms with van der Waals surface area (Å²) in [6.45, 7) is 3.25. The van der Waals surface area contributed by atoms with Crippen molar-refractivity contribution in [1.82, 2.24) is 0 Å². The van der Waals surface area contributed by atoms with Crippen molar-refractivity contribution in [3.63, 3.8) is 0 Å². The van der Waals surface area contributed by atoms with E-state index in [2.05, 4.69) is 5.32 Å². The number of carbonyl (C=O) groups is 1. The van der Waals surface area contributed by atoms with Gasteiger partial charge in [0, 0.05) is 12.7 Å². The second-order valence-electron chi connectivity index (χ2n) is 7.08. The number of amides is 1. The van der Waals surface area contributed by atoms with Crippen LogP contribution in [0.1, 0.15) is 11.1 Å². The average molecular weight is 443 g/mol. The predicted octanol–water partition coefficient (Wildman–Crippen LogP) is 4.29. The molecule has 0 radical (unpaired) electrons. The van der Waals surface area contributed by atoms with Gasteiger partial charge in [0.1, 0.15) is 11.6 Å². The lowest BCUT2D eigenvalue weighted by Crippen LogP contribution is -2.26. The van der Waals surface area contributed by atoms with Gasteiger partial charge in [0.2, 0.25) is 0 Å². The number of nitrogens with zero attached hydrogens (tertiary/aromatic N) is 1. The molecule has 31 heavy (non-hydrogen) atoms. The number of nitrogens with one attached hydrogen (secondary N) is 1. The van der Waals surface area contributed by atoms with Gasteiger partial charge in [-0.25, -0.2) is 12.8 Å². The van der Waals surface area contributed by atoms with E-state index in [0.717, 1.165) is 5.56 Å². The number of ether oxygens (including phenoxy) is 1. The summed E-state index contributed by atoms with van der Waals surface area (Å²) in [7, 11) is -2.22. The van der Waals surface area contributed by atoms with Crippen LogP contribution in [0.4, 0.5) is 15.8 Å². The topological polar surface area (TPSA) is 75.7 Å². The maximum atomic E-state index is 13.6. The third-order valence-electron chi connectivity index (χ3n) is 4.71. The molecule has 0 aromatic heterocycles. The summed E-state index contributed by atoms with van der Waals surface area (Å²) in [5, 5.41) is 2.56. The number of anilines is 2. The van der Waals surface area contributed by atoms with E-state index in [9.17, 15) is 17.6 Å².